The Hall–Kier alpha value is -2.76. The van der Waals surface area contributed by atoms with Crippen molar-refractivity contribution in [2.24, 2.45) is 0 Å². The average molecular weight is 457 g/mol. The first-order valence-electron chi connectivity index (χ1n) is 11.1. The largest absolute Gasteiger partial charge is 0.393 e. The number of nitrogens with zero attached hydrogens (tertiary/aromatic N) is 4. The second-order valence-corrected chi connectivity index (χ2v) is 9.35. The van der Waals surface area contributed by atoms with Crippen LogP contribution in [0.4, 0.5) is 21.9 Å². The molecular formula is C21H28N8O2S. The number of carbonyl (C=O) groups is 1. The lowest BCUT2D eigenvalue weighted by Crippen LogP contribution is -2.47. The molecule has 32 heavy (non-hydrogen) atoms. The summed E-state index contributed by atoms with van der Waals surface area (Å²) in [5.41, 5.74) is 1.69. The first-order chi connectivity index (χ1) is 15.6. The second-order valence-electron chi connectivity index (χ2n) is 8.35. The molecule has 0 bridgehead atoms. The van der Waals surface area contributed by atoms with Gasteiger partial charge in [0.05, 0.1) is 30.6 Å². The first-order valence-corrected chi connectivity index (χ1v) is 11.9. The van der Waals surface area contributed by atoms with Crippen molar-refractivity contribution in [3.05, 3.63) is 23.5 Å². The van der Waals surface area contributed by atoms with Gasteiger partial charge in [0.2, 0.25) is 11.9 Å². The molecule has 0 spiro atoms. The minimum absolute atomic E-state index is 0.0746. The van der Waals surface area contributed by atoms with Gasteiger partial charge >= 0.3 is 0 Å². The molecule has 0 aromatic carbocycles. The number of thiazole rings is 1. The summed E-state index contributed by atoms with van der Waals surface area (Å²) in [7, 11) is 0. The van der Waals surface area contributed by atoms with Crippen molar-refractivity contribution >= 4 is 45.2 Å². The molecule has 170 valence electrons. The molecule has 2 aliphatic heterocycles. The second kappa shape index (κ2) is 9.39. The average Bonchev–Trinajstić information content (AvgIpc) is 3.19. The van der Waals surface area contributed by atoms with Crippen LogP contribution >= 0.6 is 11.3 Å². The van der Waals surface area contributed by atoms with Crippen molar-refractivity contribution in [3.8, 4) is 0 Å². The molecule has 5 rings (SSSR count). The number of rotatable bonds is 6. The molecule has 2 aromatic heterocycles. The highest BCUT2D eigenvalue weighted by Gasteiger charge is 2.22. The van der Waals surface area contributed by atoms with E-state index in [-0.39, 0.29) is 18.1 Å². The zero-order valence-electron chi connectivity index (χ0n) is 17.8. The topological polar surface area (TPSA) is 127 Å². The Labute approximate surface area is 190 Å². The molecular weight excluding hydrogens is 428 g/mol. The predicted molar refractivity (Wildman–Crippen MR) is 125 cm³/mol. The van der Waals surface area contributed by atoms with E-state index in [2.05, 4.69) is 31.2 Å². The Kier molecular flexibility index (Phi) is 6.19. The quantitative estimate of drug-likeness (QED) is 0.442. The highest BCUT2D eigenvalue weighted by atomic mass is 32.1. The maximum atomic E-state index is 12.3. The Bertz CT molecular complexity index is 1000. The van der Waals surface area contributed by atoms with Gasteiger partial charge in [0.15, 0.2) is 5.13 Å². The zero-order valence-corrected chi connectivity index (χ0v) is 18.6. The summed E-state index contributed by atoms with van der Waals surface area (Å²) in [6.07, 6.45) is 7.17. The van der Waals surface area contributed by atoms with Gasteiger partial charge in [-0.05, 0) is 31.8 Å². The maximum absolute atomic E-state index is 12.3. The van der Waals surface area contributed by atoms with Crippen molar-refractivity contribution in [2.75, 3.05) is 42.1 Å². The lowest BCUT2D eigenvalue weighted by Gasteiger charge is -2.28. The van der Waals surface area contributed by atoms with Crippen LogP contribution in [0.5, 0.6) is 0 Å². The van der Waals surface area contributed by atoms with E-state index in [1.807, 2.05) is 23.1 Å². The monoisotopic (exact) mass is 456 g/mol. The van der Waals surface area contributed by atoms with E-state index in [9.17, 15) is 9.90 Å². The summed E-state index contributed by atoms with van der Waals surface area (Å²) >= 11 is 1.55. The van der Waals surface area contributed by atoms with Crippen LogP contribution in [0.3, 0.4) is 0 Å². The van der Waals surface area contributed by atoms with Crippen LogP contribution in [0.15, 0.2) is 12.1 Å². The van der Waals surface area contributed by atoms with E-state index < -0.39 is 0 Å². The number of aliphatic hydroxyl groups excluding tert-OH is 1. The fourth-order valence-corrected chi connectivity index (χ4v) is 5.04. The molecule has 10 nitrogen and oxygen atoms in total. The third-order valence-electron chi connectivity index (χ3n) is 5.89. The lowest BCUT2D eigenvalue weighted by molar-refractivity contribution is -0.132. The summed E-state index contributed by atoms with van der Waals surface area (Å²) in [6, 6.07) is 2.11. The number of hydrogen-bond donors (Lipinski definition) is 5. The number of hydrogen-bond acceptors (Lipinski definition) is 10. The number of nitrogens with one attached hydrogen (secondary N) is 4. The van der Waals surface area contributed by atoms with Crippen LogP contribution in [-0.2, 0) is 11.3 Å². The highest BCUT2D eigenvalue weighted by molar-refractivity contribution is 7.19. The molecule has 0 atom stereocenters. The Balaban J connectivity index is 1.37. The summed E-state index contributed by atoms with van der Waals surface area (Å²) < 4.78 is 0. The fourth-order valence-electron chi connectivity index (χ4n) is 4.18. The maximum Gasteiger partial charge on any atom is 0.236 e. The number of fused-ring (bicyclic) bond motifs is 1. The number of anilines is 4. The van der Waals surface area contributed by atoms with Crippen molar-refractivity contribution in [1.29, 1.82) is 0 Å². The molecule has 1 aliphatic carbocycles. The van der Waals surface area contributed by atoms with Crippen LogP contribution in [0.1, 0.15) is 37.1 Å². The third-order valence-corrected chi connectivity index (χ3v) is 6.84. The lowest BCUT2D eigenvalue weighted by atomic mass is 9.93. The molecule has 1 saturated carbocycles. The van der Waals surface area contributed by atoms with Gasteiger partial charge in [0, 0.05) is 31.7 Å². The van der Waals surface area contributed by atoms with Crippen LogP contribution < -0.4 is 21.3 Å². The van der Waals surface area contributed by atoms with Gasteiger partial charge in [-0.15, -0.1) is 0 Å². The summed E-state index contributed by atoms with van der Waals surface area (Å²) in [4.78, 5) is 28.1. The van der Waals surface area contributed by atoms with Crippen LogP contribution in [-0.4, -0.2) is 69.2 Å². The standard InChI is InChI=1S/C21H28N8O2S/c30-15-5-3-13(4-6-15)24-20-25-14(12-29-9-8-22-11-18(29)31)10-17(27-20)28-21-26-16-2-1-7-23-19(16)32-21/h1-2,10,13,15,22-23,30H,3-9,11-12H2,(H2,24,25,26,27,28). The molecule has 1 saturated heterocycles. The van der Waals surface area contributed by atoms with Gasteiger partial charge in [-0.25, -0.2) is 9.97 Å². The van der Waals surface area contributed by atoms with Crippen molar-refractivity contribution in [1.82, 2.24) is 25.2 Å². The van der Waals surface area contributed by atoms with E-state index in [1.165, 1.54) is 0 Å². The fraction of sp³-hybridized carbons (Fsp3) is 0.524. The molecule has 3 aliphatic rings. The van der Waals surface area contributed by atoms with Gasteiger partial charge in [-0.3, -0.25) is 4.79 Å². The molecule has 0 radical (unpaired) electrons. The van der Waals surface area contributed by atoms with Crippen LogP contribution in [0.25, 0.3) is 6.08 Å². The molecule has 2 aromatic rings. The van der Waals surface area contributed by atoms with Gasteiger partial charge in [0.25, 0.3) is 0 Å². The number of amides is 1. The summed E-state index contributed by atoms with van der Waals surface area (Å²) in [5.74, 6) is 1.25. The van der Waals surface area contributed by atoms with E-state index in [0.29, 0.717) is 31.4 Å². The van der Waals surface area contributed by atoms with Crippen molar-refractivity contribution in [2.45, 2.75) is 44.4 Å². The van der Waals surface area contributed by atoms with Crippen molar-refractivity contribution in [3.63, 3.8) is 0 Å². The molecule has 2 fully saturated rings. The molecule has 1 amide bonds. The summed E-state index contributed by atoms with van der Waals surface area (Å²) in [6.45, 7) is 3.04. The van der Waals surface area contributed by atoms with Gasteiger partial charge in [-0.2, -0.15) is 4.98 Å². The van der Waals surface area contributed by atoms with E-state index in [1.54, 1.807) is 11.3 Å². The minimum atomic E-state index is -0.213. The Morgan fingerprint density at radius 2 is 2.09 bits per heavy atom. The third kappa shape index (κ3) is 5.00. The SMILES string of the molecule is O=C1CNCCN1Cc1cc(Nc2nc3c(s2)NCC=C3)nc(NC2CCC(O)CC2)n1. The van der Waals surface area contributed by atoms with E-state index >= 15 is 0 Å². The number of carbonyl (C=O) groups excluding carboxylic acids is 1. The predicted octanol–water partition coefficient (Wildman–Crippen LogP) is 1.76. The molecule has 11 heteroatoms. The smallest absolute Gasteiger partial charge is 0.236 e. The van der Waals surface area contributed by atoms with Crippen LogP contribution in [0.2, 0.25) is 0 Å². The number of aromatic nitrogens is 3. The van der Waals surface area contributed by atoms with Crippen molar-refractivity contribution < 1.29 is 9.90 Å². The molecule has 5 N–H and O–H groups in total. The Morgan fingerprint density at radius 1 is 1.22 bits per heavy atom. The van der Waals surface area contributed by atoms with E-state index in [0.717, 1.165) is 60.3 Å². The number of piperazine rings is 1. The first kappa shape index (κ1) is 21.1. The van der Waals surface area contributed by atoms with Gasteiger partial charge in [0.1, 0.15) is 10.8 Å². The van der Waals surface area contributed by atoms with Crippen LogP contribution in [0, 0.1) is 0 Å². The van der Waals surface area contributed by atoms with E-state index in [4.69, 9.17) is 4.98 Å². The molecule has 0 unspecified atom stereocenters. The molecule has 4 heterocycles. The summed E-state index contributed by atoms with van der Waals surface area (Å²) in [5, 5.41) is 24.8. The normalized spacial score (nSPS) is 22.9. The van der Waals surface area contributed by atoms with Gasteiger partial charge in [-0.1, -0.05) is 17.4 Å². The Morgan fingerprint density at radius 3 is 2.91 bits per heavy atom. The van der Waals surface area contributed by atoms with Gasteiger partial charge < -0.3 is 31.3 Å². The minimum Gasteiger partial charge on any atom is -0.393 e. The zero-order chi connectivity index (χ0) is 21.9. The number of aliphatic hydroxyl groups is 1. The highest BCUT2D eigenvalue weighted by Crippen LogP contribution is 2.33.